The fourth-order valence-corrected chi connectivity index (χ4v) is 3.00. The van der Waals surface area contributed by atoms with Crippen LogP contribution in [-0.4, -0.2) is 20.3 Å². The Morgan fingerprint density at radius 1 is 1.04 bits per heavy atom. The van der Waals surface area contributed by atoms with Crippen molar-refractivity contribution in [3.63, 3.8) is 0 Å². The van der Waals surface area contributed by atoms with Gasteiger partial charge in [0, 0.05) is 18.1 Å². The van der Waals surface area contributed by atoms with E-state index >= 15 is 0 Å². The van der Waals surface area contributed by atoms with Crippen LogP contribution in [0.2, 0.25) is 0 Å². The average Bonchev–Trinajstić information content (AvgIpc) is 3.11. The van der Waals surface area contributed by atoms with E-state index in [4.69, 9.17) is 4.74 Å². The molecule has 0 aliphatic heterocycles. The fourth-order valence-electron chi connectivity index (χ4n) is 3.00. The number of imidazole rings is 1. The Balaban J connectivity index is 1.52. The maximum atomic E-state index is 12.7. The maximum Gasteiger partial charge on any atom is 0.260 e. The summed E-state index contributed by atoms with van der Waals surface area (Å²) in [5.74, 6) is 0.747. The van der Waals surface area contributed by atoms with E-state index in [1.54, 1.807) is 24.3 Å². The molecule has 0 atom stereocenters. The van der Waals surface area contributed by atoms with Gasteiger partial charge in [0.15, 0.2) is 0 Å². The molecular formula is C22H20N4O2. The van der Waals surface area contributed by atoms with E-state index < -0.39 is 0 Å². The first-order valence-electron chi connectivity index (χ1n) is 9.00. The Bertz CT molecular complexity index is 1150. The Hall–Kier alpha value is -3.67. The molecule has 0 fully saturated rings. The standard InChI is InChI=1S/C22H20N4O2/c1-15-7-6-12-26-13-17(24-21(15)26)14-28-19-10-4-3-9-18(19)22(27)25-20-11-5-8-16(2)23-20/h3-13H,14H2,1-2H3,(H,23,25,27). The van der Waals surface area contributed by atoms with Crippen molar-refractivity contribution in [2.45, 2.75) is 20.5 Å². The Kier molecular flexibility index (Phi) is 4.76. The lowest BCUT2D eigenvalue weighted by Crippen LogP contribution is -2.14. The first-order chi connectivity index (χ1) is 13.6. The van der Waals surface area contributed by atoms with Crippen molar-refractivity contribution >= 4 is 17.4 Å². The second kappa shape index (κ2) is 7.52. The van der Waals surface area contributed by atoms with E-state index in [1.807, 2.05) is 61.0 Å². The number of rotatable bonds is 5. The van der Waals surface area contributed by atoms with Gasteiger partial charge in [-0.1, -0.05) is 24.3 Å². The van der Waals surface area contributed by atoms with Gasteiger partial charge in [0.1, 0.15) is 23.8 Å². The van der Waals surface area contributed by atoms with Gasteiger partial charge in [-0.05, 0) is 49.7 Å². The van der Waals surface area contributed by atoms with E-state index in [-0.39, 0.29) is 12.5 Å². The topological polar surface area (TPSA) is 68.5 Å². The van der Waals surface area contributed by atoms with Crippen LogP contribution < -0.4 is 10.1 Å². The van der Waals surface area contributed by atoms with Crippen LogP contribution in [0.4, 0.5) is 5.82 Å². The molecule has 0 aliphatic carbocycles. The number of anilines is 1. The predicted molar refractivity (Wildman–Crippen MR) is 108 cm³/mol. The number of carbonyl (C=O) groups is 1. The first kappa shape index (κ1) is 17.7. The summed E-state index contributed by atoms with van der Waals surface area (Å²) < 4.78 is 7.89. The summed E-state index contributed by atoms with van der Waals surface area (Å²) in [4.78, 5) is 21.6. The number of para-hydroxylation sites is 1. The molecule has 4 aromatic rings. The van der Waals surface area contributed by atoms with Crippen LogP contribution in [0.15, 0.2) is 67.0 Å². The molecule has 3 aromatic heterocycles. The molecule has 3 heterocycles. The molecule has 28 heavy (non-hydrogen) atoms. The second-order valence-electron chi connectivity index (χ2n) is 6.56. The molecule has 0 radical (unpaired) electrons. The maximum absolute atomic E-state index is 12.7. The highest BCUT2D eigenvalue weighted by molar-refractivity contribution is 6.05. The molecule has 0 saturated carbocycles. The van der Waals surface area contributed by atoms with Crippen molar-refractivity contribution in [1.29, 1.82) is 0 Å². The number of ether oxygens (including phenoxy) is 1. The molecule has 6 nitrogen and oxygen atoms in total. The van der Waals surface area contributed by atoms with Crippen LogP contribution in [-0.2, 0) is 6.61 Å². The zero-order chi connectivity index (χ0) is 19.5. The second-order valence-corrected chi connectivity index (χ2v) is 6.56. The van der Waals surface area contributed by atoms with Crippen LogP contribution in [0.3, 0.4) is 0 Å². The number of hydrogen-bond donors (Lipinski definition) is 1. The largest absolute Gasteiger partial charge is 0.486 e. The summed E-state index contributed by atoms with van der Waals surface area (Å²) in [7, 11) is 0. The van der Waals surface area contributed by atoms with Crippen molar-refractivity contribution < 1.29 is 9.53 Å². The minimum atomic E-state index is -0.264. The normalized spacial score (nSPS) is 10.8. The molecule has 140 valence electrons. The molecule has 1 N–H and O–H groups in total. The molecule has 6 heteroatoms. The molecule has 0 saturated heterocycles. The van der Waals surface area contributed by atoms with E-state index in [0.717, 1.165) is 22.6 Å². The van der Waals surface area contributed by atoms with E-state index in [9.17, 15) is 4.79 Å². The fraction of sp³-hybridized carbons (Fsp3) is 0.136. The summed E-state index contributed by atoms with van der Waals surface area (Å²) in [6.45, 7) is 4.17. The van der Waals surface area contributed by atoms with Gasteiger partial charge in [-0.3, -0.25) is 4.79 Å². The monoisotopic (exact) mass is 372 g/mol. The quantitative estimate of drug-likeness (QED) is 0.571. The number of pyridine rings is 2. The number of nitrogens with zero attached hydrogens (tertiary/aromatic N) is 3. The van der Waals surface area contributed by atoms with Crippen molar-refractivity contribution in [3.05, 3.63) is 89.5 Å². The van der Waals surface area contributed by atoms with Gasteiger partial charge in [0.25, 0.3) is 5.91 Å². The minimum Gasteiger partial charge on any atom is -0.486 e. The Morgan fingerprint density at radius 3 is 2.71 bits per heavy atom. The van der Waals surface area contributed by atoms with Crippen molar-refractivity contribution in [2.75, 3.05) is 5.32 Å². The van der Waals surface area contributed by atoms with Crippen LogP contribution in [0.1, 0.15) is 27.3 Å². The lowest BCUT2D eigenvalue weighted by Gasteiger charge is -2.11. The highest BCUT2D eigenvalue weighted by Gasteiger charge is 2.14. The van der Waals surface area contributed by atoms with Gasteiger partial charge in [-0.2, -0.15) is 0 Å². The summed E-state index contributed by atoms with van der Waals surface area (Å²) in [5, 5.41) is 2.82. The number of hydrogen-bond acceptors (Lipinski definition) is 4. The van der Waals surface area contributed by atoms with Gasteiger partial charge in [-0.15, -0.1) is 0 Å². The van der Waals surface area contributed by atoms with Gasteiger partial charge < -0.3 is 14.5 Å². The Morgan fingerprint density at radius 2 is 1.89 bits per heavy atom. The number of aromatic nitrogens is 3. The lowest BCUT2D eigenvalue weighted by molar-refractivity contribution is 0.102. The molecule has 0 aliphatic rings. The molecule has 0 spiro atoms. The predicted octanol–water partition coefficient (Wildman–Crippen LogP) is 4.18. The van der Waals surface area contributed by atoms with Gasteiger partial charge in [0.2, 0.25) is 0 Å². The van der Waals surface area contributed by atoms with Crippen LogP contribution in [0.25, 0.3) is 5.65 Å². The lowest BCUT2D eigenvalue weighted by atomic mass is 10.2. The molecule has 1 aromatic carbocycles. The number of nitrogens with one attached hydrogen (secondary N) is 1. The van der Waals surface area contributed by atoms with E-state index in [0.29, 0.717) is 17.1 Å². The minimum absolute atomic E-state index is 0.264. The van der Waals surface area contributed by atoms with Crippen molar-refractivity contribution in [3.8, 4) is 5.75 Å². The zero-order valence-electron chi connectivity index (χ0n) is 15.7. The third-order valence-corrected chi connectivity index (χ3v) is 4.36. The summed E-state index contributed by atoms with van der Waals surface area (Å²) in [6.07, 6.45) is 3.89. The third kappa shape index (κ3) is 3.71. The van der Waals surface area contributed by atoms with Crippen LogP contribution in [0.5, 0.6) is 5.75 Å². The number of amides is 1. The van der Waals surface area contributed by atoms with Gasteiger partial charge in [-0.25, -0.2) is 9.97 Å². The molecule has 0 bridgehead atoms. The summed E-state index contributed by atoms with van der Waals surface area (Å²) >= 11 is 0. The van der Waals surface area contributed by atoms with E-state index in [1.165, 1.54) is 0 Å². The van der Waals surface area contributed by atoms with Crippen molar-refractivity contribution in [1.82, 2.24) is 14.4 Å². The molecule has 1 amide bonds. The Labute approximate surface area is 162 Å². The summed E-state index contributed by atoms with van der Waals surface area (Å²) in [5.41, 5.74) is 4.08. The average molecular weight is 372 g/mol. The molecule has 0 unspecified atom stereocenters. The number of benzene rings is 1. The van der Waals surface area contributed by atoms with E-state index in [2.05, 4.69) is 15.3 Å². The van der Waals surface area contributed by atoms with Crippen LogP contribution >= 0.6 is 0 Å². The highest BCUT2D eigenvalue weighted by Crippen LogP contribution is 2.21. The third-order valence-electron chi connectivity index (χ3n) is 4.36. The summed E-state index contributed by atoms with van der Waals surface area (Å²) in [6, 6.07) is 16.6. The number of fused-ring (bicyclic) bond motifs is 1. The number of carbonyl (C=O) groups excluding carboxylic acids is 1. The zero-order valence-corrected chi connectivity index (χ0v) is 15.7. The smallest absolute Gasteiger partial charge is 0.260 e. The SMILES string of the molecule is Cc1cccc(NC(=O)c2ccccc2OCc2cn3cccc(C)c3n2)n1. The first-order valence-corrected chi connectivity index (χ1v) is 9.00. The molecular weight excluding hydrogens is 352 g/mol. The molecule has 4 rings (SSSR count). The van der Waals surface area contributed by atoms with Crippen molar-refractivity contribution in [2.24, 2.45) is 0 Å². The number of aryl methyl sites for hydroxylation is 2. The van der Waals surface area contributed by atoms with Crippen LogP contribution in [0, 0.1) is 13.8 Å². The highest BCUT2D eigenvalue weighted by atomic mass is 16.5. The van der Waals surface area contributed by atoms with Gasteiger partial charge >= 0.3 is 0 Å². The van der Waals surface area contributed by atoms with Gasteiger partial charge in [0.05, 0.1) is 11.3 Å².